The average Bonchev–Trinajstić information content (AvgIpc) is 2.60. The summed E-state index contributed by atoms with van der Waals surface area (Å²) in [6.45, 7) is 5.98. The summed E-state index contributed by atoms with van der Waals surface area (Å²) in [7, 11) is 0. The molecule has 0 unspecified atom stereocenters. The van der Waals surface area contributed by atoms with E-state index in [1.165, 1.54) is 6.20 Å². The van der Waals surface area contributed by atoms with Crippen molar-refractivity contribution in [2.75, 3.05) is 18.5 Å². The Balaban J connectivity index is 2.21. The molecule has 1 amide bonds. The zero-order valence-corrected chi connectivity index (χ0v) is 13.4. The number of nitrogens with zero attached hydrogens (tertiary/aromatic N) is 1. The van der Waals surface area contributed by atoms with Crippen molar-refractivity contribution in [1.82, 2.24) is 10.3 Å². The van der Waals surface area contributed by atoms with Crippen LogP contribution in [0.5, 0.6) is 0 Å². The first kappa shape index (κ1) is 17.2. The van der Waals surface area contributed by atoms with Gasteiger partial charge >= 0.3 is 5.97 Å². The number of nitrogens with one attached hydrogen (secondary N) is 2. The van der Waals surface area contributed by atoms with E-state index in [1.54, 1.807) is 49.5 Å². The molecule has 0 saturated carbocycles. The second-order valence-electron chi connectivity index (χ2n) is 4.85. The van der Waals surface area contributed by atoms with Crippen molar-refractivity contribution < 1.29 is 14.3 Å². The fraction of sp³-hybridized carbons (Fsp3) is 0.167. The van der Waals surface area contributed by atoms with E-state index in [0.717, 1.165) is 0 Å². The quantitative estimate of drug-likeness (QED) is 0.604. The van der Waals surface area contributed by atoms with Crippen LogP contribution in [0.1, 0.15) is 27.6 Å². The van der Waals surface area contributed by atoms with E-state index < -0.39 is 5.97 Å². The molecule has 6 nitrogen and oxygen atoms in total. The molecule has 24 heavy (non-hydrogen) atoms. The zero-order valence-electron chi connectivity index (χ0n) is 13.4. The maximum absolute atomic E-state index is 12.0. The summed E-state index contributed by atoms with van der Waals surface area (Å²) in [5, 5.41) is 5.79. The number of aromatic nitrogens is 1. The third-order valence-corrected chi connectivity index (χ3v) is 3.11. The Morgan fingerprint density at radius 2 is 2.08 bits per heavy atom. The van der Waals surface area contributed by atoms with E-state index in [9.17, 15) is 9.59 Å². The molecule has 1 aromatic heterocycles. The summed E-state index contributed by atoms with van der Waals surface area (Å²) in [4.78, 5) is 28.0. The van der Waals surface area contributed by atoms with Gasteiger partial charge in [0.25, 0.3) is 5.91 Å². The lowest BCUT2D eigenvalue weighted by atomic mass is 10.1. The molecule has 0 aliphatic carbocycles. The van der Waals surface area contributed by atoms with Crippen molar-refractivity contribution in [3.63, 3.8) is 0 Å². The topological polar surface area (TPSA) is 80.3 Å². The van der Waals surface area contributed by atoms with E-state index in [-0.39, 0.29) is 5.91 Å². The van der Waals surface area contributed by atoms with Gasteiger partial charge in [-0.1, -0.05) is 18.2 Å². The zero-order chi connectivity index (χ0) is 17.4. The van der Waals surface area contributed by atoms with Gasteiger partial charge < -0.3 is 15.4 Å². The summed E-state index contributed by atoms with van der Waals surface area (Å²) in [5.74, 6) is -0.654. The van der Waals surface area contributed by atoms with Crippen molar-refractivity contribution in [1.29, 1.82) is 0 Å². The Morgan fingerprint density at radius 1 is 1.29 bits per heavy atom. The van der Waals surface area contributed by atoms with Crippen molar-refractivity contribution >= 4 is 23.3 Å². The highest BCUT2D eigenvalue weighted by molar-refractivity contribution is 5.97. The highest BCUT2D eigenvalue weighted by atomic mass is 16.5. The summed E-state index contributed by atoms with van der Waals surface area (Å²) in [5.41, 5.74) is 2.01. The second kappa shape index (κ2) is 8.47. The number of rotatable bonds is 7. The molecule has 0 saturated heterocycles. The number of hydrogen-bond acceptors (Lipinski definition) is 5. The maximum atomic E-state index is 12.0. The number of esters is 1. The lowest BCUT2D eigenvalue weighted by molar-refractivity contribution is 0.0527. The van der Waals surface area contributed by atoms with Crippen LogP contribution in [0.4, 0.5) is 11.4 Å². The molecule has 2 rings (SSSR count). The van der Waals surface area contributed by atoms with Crippen LogP contribution in [-0.2, 0) is 4.74 Å². The van der Waals surface area contributed by atoms with Gasteiger partial charge in [-0.25, -0.2) is 4.79 Å². The average molecular weight is 325 g/mol. The molecule has 0 aliphatic rings. The van der Waals surface area contributed by atoms with Crippen LogP contribution < -0.4 is 10.6 Å². The first-order valence-corrected chi connectivity index (χ1v) is 7.53. The molecule has 0 radical (unpaired) electrons. The predicted molar refractivity (Wildman–Crippen MR) is 92.4 cm³/mol. The SMILES string of the molecule is C=CCNC(=O)c1cncc(Nc2ccccc2C(=O)OCC)c1. The van der Waals surface area contributed by atoms with Gasteiger partial charge in [-0.15, -0.1) is 6.58 Å². The molecule has 2 aromatic rings. The maximum Gasteiger partial charge on any atom is 0.340 e. The summed E-state index contributed by atoms with van der Waals surface area (Å²) in [6.07, 6.45) is 4.65. The molecule has 0 bridgehead atoms. The molecular weight excluding hydrogens is 306 g/mol. The molecule has 0 aliphatic heterocycles. The lowest BCUT2D eigenvalue weighted by Gasteiger charge is -2.12. The summed E-state index contributed by atoms with van der Waals surface area (Å²) in [6, 6.07) is 8.66. The van der Waals surface area contributed by atoms with Crippen LogP contribution in [0.15, 0.2) is 55.4 Å². The van der Waals surface area contributed by atoms with E-state index in [2.05, 4.69) is 22.2 Å². The molecule has 0 spiro atoms. The van der Waals surface area contributed by atoms with Crippen molar-refractivity contribution in [3.05, 3.63) is 66.5 Å². The number of para-hydroxylation sites is 1. The summed E-state index contributed by atoms with van der Waals surface area (Å²) >= 11 is 0. The van der Waals surface area contributed by atoms with Gasteiger partial charge in [0.15, 0.2) is 0 Å². The molecule has 124 valence electrons. The number of ether oxygens (including phenoxy) is 1. The van der Waals surface area contributed by atoms with Gasteiger partial charge in [0, 0.05) is 12.7 Å². The Bertz CT molecular complexity index is 744. The van der Waals surface area contributed by atoms with Crippen LogP contribution in [0.3, 0.4) is 0 Å². The summed E-state index contributed by atoms with van der Waals surface area (Å²) < 4.78 is 5.04. The van der Waals surface area contributed by atoms with E-state index in [0.29, 0.717) is 35.7 Å². The van der Waals surface area contributed by atoms with Gasteiger partial charge in [0.05, 0.1) is 35.3 Å². The minimum atomic E-state index is -0.409. The Labute approximate surface area is 140 Å². The number of benzene rings is 1. The van der Waals surface area contributed by atoms with Gasteiger partial charge in [-0.05, 0) is 25.1 Å². The molecule has 1 heterocycles. The standard InChI is InChI=1S/C18H19N3O3/c1-3-9-20-17(22)13-10-14(12-19-11-13)21-16-8-6-5-7-15(16)18(23)24-4-2/h3,5-8,10-12,21H,1,4,9H2,2H3,(H,20,22). The Kier molecular flexibility index (Phi) is 6.08. The van der Waals surface area contributed by atoms with E-state index >= 15 is 0 Å². The number of hydrogen-bond donors (Lipinski definition) is 2. The third kappa shape index (κ3) is 4.42. The van der Waals surface area contributed by atoms with Crippen LogP contribution in [-0.4, -0.2) is 30.0 Å². The van der Waals surface area contributed by atoms with Crippen LogP contribution in [0, 0.1) is 0 Å². The lowest BCUT2D eigenvalue weighted by Crippen LogP contribution is -2.23. The van der Waals surface area contributed by atoms with Crippen molar-refractivity contribution in [3.8, 4) is 0 Å². The first-order valence-electron chi connectivity index (χ1n) is 7.53. The van der Waals surface area contributed by atoms with Crippen molar-refractivity contribution in [2.24, 2.45) is 0 Å². The fourth-order valence-electron chi connectivity index (χ4n) is 2.03. The minimum absolute atomic E-state index is 0.246. The first-order chi connectivity index (χ1) is 11.7. The number of pyridine rings is 1. The van der Waals surface area contributed by atoms with Gasteiger partial charge in [0.1, 0.15) is 0 Å². The molecule has 6 heteroatoms. The molecular formula is C18H19N3O3. The Morgan fingerprint density at radius 3 is 2.83 bits per heavy atom. The predicted octanol–water partition coefficient (Wildman–Crippen LogP) is 2.92. The van der Waals surface area contributed by atoms with Gasteiger partial charge in [-0.2, -0.15) is 0 Å². The fourth-order valence-corrected chi connectivity index (χ4v) is 2.03. The minimum Gasteiger partial charge on any atom is -0.462 e. The molecule has 2 N–H and O–H groups in total. The second-order valence-corrected chi connectivity index (χ2v) is 4.85. The molecule has 0 atom stereocenters. The monoisotopic (exact) mass is 325 g/mol. The molecule has 1 aromatic carbocycles. The van der Waals surface area contributed by atoms with E-state index in [1.807, 2.05) is 0 Å². The van der Waals surface area contributed by atoms with E-state index in [4.69, 9.17) is 4.74 Å². The normalized spacial score (nSPS) is 9.88. The van der Waals surface area contributed by atoms with Gasteiger partial charge in [0.2, 0.25) is 0 Å². The number of anilines is 2. The smallest absolute Gasteiger partial charge is 0.340 e. The number of carbonyl (C=O) groups is 2. The number of amides is 1. The van der Waals surface area contributed by atoms with Crippen LogP contribution >= 0.6 is 0 Å². The largest absolute Gasteiger partial charge is 0.462 e. The highest BCUT2D eigenvalue weighted by Crippen LogP contribution is 2.21. The molecule has 0 fully saturated rings. The Hall–Kier alpha value is -3.15. The highest BCUT2D eigenvalue weighted by Gasteiger charge is 2.13. The van der Waals surface area contributed by atoms with Crippen molar-refractivity contribution in [2.45, 2.75) is 6.92 Å². The van der Waals surface area contributed by atoms with Crippen LogP contribution in [0.2, 0.25) is 0 Å². The van der Waals surface area contributed by atoms with Crippen LogP contribution in [0.25, 0.3) is 0 Å². The number of carbonyl (C=O) groups excluding carboxylic acids is 2. The van der Waals surface area contributed by atoms with Gasteiger partial charge in [-0.3, -0.25) is 9.78 Å². The third-order valence-electron chi connectivity index (χ3n) is 3.11.